The third kappa shape index (κ3) is 3.31. The van der Waals surface area contributed by atoms with Crippen molar-refractivity contribution < 1.29 is 9.16 Å². The van der Waals surface area contributed by atoms with Gasteiger partial charge in [0.15, 0.2) is 8.32 Å². The molecule has 0 saturated carbocycles. The minimum atomic E-state index is -1.64. The normalized spacial score (nSPS) is 26.8. The van der Waals surface area contributed by atoms with Crippen molar-refractivity contribution in [3.63, 3.8) is 0 Å². The first-order chi connectivity index (χ1) is 7.26. The summed E-state index contributed by atoms with van der Waals surface area (Å²) in [5, 5.41) is 8.99. The summed E-state index contributed by atoms with van der Waals surface area (Å²) in [6, 6.07) is 2.15. The molecule has 0 aromatic heterocycles. The summed E-state index contributed by atoms with van der Waals surface area (Å²) in [7, 11) is -1.64. The zero-order chi connectivity index (χ0) is 12.4. The number of nitriles is 1. The van der Waals surface area contributed by atoms with Crippen LogP contribution in [0.25, 0.3) is 0 Å². The van der Waals surface area contributed by atoms with Crippen LogP contribution in [0.3, 0.4) is 0 Å². The molecule has 1 saturated heterocycles. The van der Waals surface area contributed by atoms with Gasteiger partial charge in [-0.15, -0.1) is 0 Å². The van der Waals surface area contributed by atoms with Crippen LogP contribution in [0.1, 0.15) is 27.2 Å². The van der Waals surface area contributed by atoms with Crippen LogP contribution in [0.15, 0.2) is 0 Å². The van der Waals surface area contributed by atoms with Crippen LogP contribution in [-0.4, -0.2) is 27.6 Å². The summed E-state index contributed by atoms with van der Waals surface area (Å²) in [6.07, 6.45) is 0.610. The van der Waals surface area contributed by atoms with Crippen molar-refractivity contribution >= 4 is 8.32 Å². The van der Waals surface area contributed by atoms with Gasteiger partial charge in [-0.3, -0.25) is 0 Å². The van der Waals surface area contributed by atoms with Crippen LogP contribution in [0.2, 0.25) is 18.1 Å². The van der Waals surface area contributed by atoms with Crippen molar-refractivity contribution in [2.75, 3.05) is 13.2 Å². The van der Waals surface area contributed by atoms with Crippen molar-refractivity contribution in [2.45, 2.75) is 51.4 Å². The molecule has 0 spiro atoms. The lowest BCUT2D eigenvalue weighted by atomic mass is 10.1. The minimum absolute atomic E-state index is 0.215. The molecule has 0 unspecified atom stereocenters. The molecule has 0 aromatic carbocycles. The van der Waals surface area contributed by atoms with Crippen molar-refractivity contribution in [1.82, 2.24) is 0 Å². The maximum Gasteiger partial charge on any atom is 0.191 e. The molecular formula is C12H23NO2Si. The molecule has 16 heavy (non-hydrogen) atoms. The zero-order valence-electron chi connectivity index (χ0n) is 11.0. The fourth-order valence-electron chi connectivity index (χ4n) is 1.44. The van der Waals surface area contributed by atoms with Gasteiger partial charge < -0.3 is 9.16 Å². The molecule has 0 aromatic rings. The monoisotopic (exact) mass is 241 g/mol. The molecule has 0 radical (unpaired) electrons. The van der Waals surface area contributed by atoms with E-state index >= 15 is 0 Å². The molecule has 1 aliphatic rings. The maximum atomic E-state index is 8.73. The van der Waals surface area contributed by atoms with Gasteiger partial charge in [-0.25, -0.2) is 0 Å². The van der Waals surface area contributed by atoms with Gasteiger partial charge in [0.25, 0.3) is 0 Å². The van der Waals surface area contributed by atoms with E-state index in [1.54, 1.807) is 0 Å². The van der Waals surface area contributed by atoms with Crippen LogP contribution >= 0.6 is 0 Å². The molecule has 0 bridgehead atoms. The fraction of sp³-hybridized carbons (Fsp3) is 0.917. The van der Waals surface area contributed by atoms with Crippen LogP contribution in [0.5, 0.6) is 0 Å². The molecule has 1 aliphatic heterocycles. The Labute approximate surface area is 99.9 Å². The quantitative estimate of drug-likeness (QED) is 0.713. The Hall–Kier alpha value is -0.373. The second-order valence-electron chi connectivity index (χ2n) is 6.12. The summed E-state index contributed by atoms with van der Waals surface area (Å²) in [5.74, 6) is 0.402. The van der Waals surface area contributed by atoms with Gasteiger partial charge in [-0.1, -0.05) is 20.8 Å². The van der Waals surface area contributed by atoms with E-state index in [0.29, 0.717) is 12.5 Å². The van der Waals surface area contributed by atoms with Gasteiger partial charge in [0, 0.05) is 12.5 Å². The topological polar surface area (TPSA) is 42.2 Å². The molecule has 1 fully saturated rings. The van der Waals surface area contributed by atoms with Crippen LogP contribution in [0.4, 0.5) is 0 Å². The Morgan fingerprint density at radius 2 is 2.06 bits per heavy atom. The van der Waals surface area contributed by atoms with E-state index in [-0.39, 0.29) is 11.1 Å². The molecule has 0 amide bonds. The molecule has 92 valence electrons. The second-order valence-corrected chi connectivity index (χ2v) is 10.9. The molecular weight excluding hydrogens is 218 g/mol. The largest absolute Gasteiger partial charge is 0.416 e. The van der Waals surface area contributed by atoms with Crippen molar-refractivity contribution in [2.24, 2.45) is 5.92 Å². The first-order valence-corrected chi connectivity index (χ1v) is 8.82. The highest BCUT2D eigenvalue weighted by molar-refractivity contribution is 6.74. The predicted molar refractivity (Wildman–Crippen MR) is 66.6 cm³/mol. The molecule has 1 rings (SSSR count). The molecule has 4 heteroatoms. The minimum Gasteiger partial charge on any atom is -0.416 e. The van der Waals surface area contributed by atoms with E-state index in [2.05, 4.69) is 39.9 Å². The number of hydrogen-bond acceptors (Lipinski definition) is 3. The molecule has 3 nitrogen and oxygen atoms in total. The Bertz CT molecular complexity index is 278. The highest BCUT2D eigenvalue weighted by Crippen LogP contribution is 2.37. The fourth-order valence-corrected chi connectivity index (χ4v) is 2.53. The third-order valence-electron chi connectivity index (χ3n) is 3.71. The Morgan fingerprint density at radius 3 is 2.50 bits per heavy atom. The predicted octanol–water partition coefficient (Wildman–Crippen LogP) is 2.94. The first kappa shape index (κ1) is 13.7. The number of rotatable bonds is 3. The van der Waals surface area contributed by atoms with Crippen LogP contribution in [0, 0.1) is 17.2 Å². The van der Waals surface area contributed by atoms with Gasteiger partial charge >= 0.3 is 0 Å². The molecule has 0 aliphatic carbocycles. The van der Waals surface area contributed by atoms with E-state index in [9.17, 15) is 0 Å². The average Bonchev–Trinajstić information content (AvgIpc) is 2.60. The summed E-state index contributed by atoms with van der Waals surface area (Å²) in [5.41, 5.74) is 0. The third-order valence-corrected chi connectivity index (χ3v) is 8.21. The molecule has 2 atom stereocenters. The Morgan fingerprint density at radius 1 is 1.44 bits per heavy atom. The van der Waals surface area contributed by atoms with Gasteiger partial charge in [-0.2, -0.15) is 5.26 Å². The van der Waals surface area contributed by atoms with Gasteiger partial charge in [-0.05, 0) is 24.6 Å². The summed E-state index contributed by atoms with van der Waals surface area (Å²) in [4.78, 5) is 0. The van der Waals surface area contributed by atoms with E-state index < -0.39 is 8.32 Å². The number of hydrogen-bond donors (Lipinski definition) is 0. The Kier molecular flexibility index (Phi) is 4.16. The summed E-state index contributed by atoms with van der Waals surface area (Å²) >= 11 is 0. The lowest BCUT2D eigenvalue weighted by Gasteiger charge is -2.36. The lowest BCUT2D eigenvalue weighted by molar-refractivity contribution is 0.133. The molecule has 1 heterocycles. The van der Waals surface area contributed by atoms with E-state index in [1.807, 2.05) is 0 Å². The standard InChI is InChI=1S/C12H23NO2Si/c1-12(2,3)16(4,5)15-9-10-6-11(7-13)14-8-10/h10-11H,6,8-9H2,1-5H3/t10-,11+/m1/s1. The first-order valence-electron chi connectivity index (χ1n) is 5.91. The van der Waals surface area contributed by atoms with E-state index in [4.69, 9.17) is 14.4 Å². The number of nitrogens with zero attached hydrogens (tertiary/aromatic N) is 1. The van der Waals surface area contributed by atoms with Crippen LogP contribution < -0.4 is 0 Å². The van der Waals surface area contributed by atoms with Crippen molar-refractivity contribution in [3.05, 3.63) is 0 Å². The summed E-state index contributed by atoms with van der Waals surface area (Å²) in [6.45, 7) is 12.6. The SMILES string of the molecule is CC(C)(C)[Si](C)(C)OC[C@H]1CO[C@H](C#N)C1. The highest BCUT2D eigenvalue weighted by Gasteiger charge is 2.38. The molecule has 0 N–H and O–H groups in total. The van der Waals surface area contributed by atoms with Gasteiger partial charge in [0.1, 0.15) is 6.10 Å². The van der Waals surface area contributed by atoms with E-state index in [0.717, 1.165) is 13.0 Å². The Balaban J connectivity index is 2.39. The summed E-state index contributed by atoms with van der Waals surface area (Å²) < 4.78 is 11.5. The zero-order valence-corrected chi connectivity index (χ0v) is 12.0. The van der Waals surface area contributed by atoms with Crippen molar-refractivity contribution in [3.8, 4) is 6.07 Å². The van der Waals surface area contributed by atoms with Crippen LogP contribution in [-0.2, 0) is 9.16 Å². The lowest BCUT2D eigenvalue weighted by Crippen LogP contribution is -2.42. The second kappa shape index (κ2) is 4.87. The van der Waals surface area contributed by atoms with Crippen molar-refractivity contribution in [1.29, 1.82) is 5.26 Å². The van der Waals surface area contributed by atoms with Gasteiger partial charge in [0.05, 0.1) is 12.7 Å². The number of ether oxygens (including phenoxy) is 1. The maximum absolute atomic E-state index is 8.73. The van der Waals surface area contributed by atoms with Gasteiger partial charge in [0.2, 0.25) is 0 Å². The smallest absolute Gasteiger partial charge is 0.191 e. The highest BCUT2D eigenvalue weighted by atomic mass is 28.4. The van der Waals surface area contributed by atoms with E-state index in [1.165, 1.54) is 0 Å². The average molecular weight is 241 g/mol.